The lowest BCUT2D eigenvalue weighted by atomic mass is 9.95. The van der Waals surface area contributed by atoms with Gasteiger partial charge in [0.2, 0.25) is 0 Å². The van der Waals surface area contributed by atoms with Crippen LogP contribution in [0.5, 0.6) is 0 Å². The highest BCUT2D eigenvalue weighted by atomic mass is 19.1. The Morgan fingerprint density at radius 2 is 1.96 bits per heavy atom. The minimum absolute atomic E-state index is 0.239. The Kier molecular flexibility index (Phi) is 4.12. The maximum Gasteiger partial charge on any atom is 0.340 e. The maximum atomic E-state index is 13.6. The van der Waals surface area contributed by atoms with Crippen molar-refractivity contribution < 1.29 is 13.9 Å². The molecule has 0 aliphatic heterocycles. The van der Waals surface area contributed by atoms with Gasteiger partial charge >= 0.3 is 5.97 Å². The van der Waals surface area contributed by atoms with Crippen LogP contribution < -0.4 is 0 Å². The van der Waals surface area contributed by atoms with E-state index in [9.17, 15) is 14.4 Å². The highest BCUT2D eigenvalue weighted by molar-refractivity contribution is 6.00. The van der Waals surface area contributed by atoms with Crippen molar-refractivity contribution in [1.29, 1.82) is 5.26 Å². The molecule has 4 nitrogen and oxygen atoms in total. The Morgan fingerprint density at radius 3 is 2.59 bits per heavy atom. The molecule has 134 valence electrons. The number of nitrogens with zero attached hydrogens (tertiary/aromatic N) is 2. The highest BCUT2D eigenvalue weighted by Gasteiger charge is 2.44. The summed E-state index contributed by atoms with van der Waals surface area (Å²) in [7, 11) is 0. The van der Waals surface area contributed by atoms with Crippen LogP contribution in [0.15, 0.2) is 48.5 Å². The standard InChI is InChI=1S/C22H17FN2O2/c1-2-27-21(26)18-12-15-11-17(23)7-8-19(15)25-20(18)14-3-5-16(6-4-14)22(13-24)9-10-22/h3-8,11-12H,2,9-10H2,1H3. The SMILES string of the molecule is CCOC(=O)c1cc2cc(F)ccc2nc1-c1ccc(C2(C#N)CC2)cc1. The van der Waals surface area contributed by atoms with Gasteiger partial charge in [-0.3, -0.25) is 0 Å². The van der Waals surface area contributed by atoms with Gasteiger partial charge in [-0.15, -0.1) is 0 Å². The predicted molar refractivity (Wildman–Crippen MR) is 99.6 cm³/mol. The number of hydrogen-bond donors (Lipinski definition) is 0. The number of esters is 1. The average molecular weight is 360 g/mol. The van der Waals surface area contributed by atoms with Gasteiger partial charge in [-0.25, -0.2) is 14.2 Å². The molecule has 4 rings (SSSR count). The number of hydrogen-bond acceptors (Lipinski definition) is 4. The summed E-state index contributed by atoms with van der Waals surface area (Å²) in [6, 6.07) is 15.8. The fourth-order valence-corrected chi connectivity index (χ4v) is 3.27. The molecule has 1 fully saturated rings. The number of aromatic nitrogens is 1. The van der Waals surface area contributed by atoms with Crippen molar-refractivity contribution in [3.8, 4) is 17.3 Å². The van der Waals surface area contributed by atoms with Crippen LogP contribution in [0.3, 0.4) is 0 Å². The summed E-state index contributed by atoms with van der Waals surface area (Å²) in [6.07, 6.45) is 1.74. The van der Waals surface area contributed by atoms with Crippen LogP contribution in [0, 0.1) is 17.1 Å². The smallest absolute Gasteiger partial charge is 0.340 e. The van der Waals surface area contributed by atoms with Gasteiger partial charge in [0, 0.05) is 10.9 Å². The first-order chi connectivity index (χ1) is 13.1. The lowest BCUT2D eigenvalue weighted by Gasteiger charge is -2.12. The number of benzene rings is 2. The minimum Gasteiger partial charge on any atom is -0.462 e. The molecule has 0 spiro atoms. The zero-order chi connectivity index (χ0) is 19.0. The normalized spacial score (nSPS) is 14.6. The molecule has 2 aromatic carbocycles. The molecule has 0 N–H and O–H groups in total. The van der Waals surface area contributed by atoms with Crippen molar-refractivity contribution in [2.75, 3.05) is 6.61 Å². The molecule has 5 heteroatoms. The van der Waals surface area contributed by atoms with Gasteiger partial charge in [0.1, 0.15) is 5.82 Å². The van der Waals surface area contributed by atoms with Crippen molar-refractivity contribution in [2.45, 2.75) is 25.2 Å². The zero-order valence-corrected chi connectivity index (χ0v) is 14.8. The van der Waals surface area contributed by atoms with Gasteiger partial charge in [0.25, 0.3) is 0 Å². The van der Waals surface area contributed by atoms with Gasteiger partial charge in [-0.05, 0) is 49.6 Å². The topological polar surface area (TPSA) is 63.0 Å². The van der Waals surface area contributed by atoms with E-state index < -0.39 is 5.97 Å². The van der Waals surface area contributed by atoms with Gasteiger partial charge < -0.3 is 4.74 Å². The van der Waals surface area contributed by atoms with Crippen LogP contribution in [0.1, 0.15) is 35.7 Å². The van der Waals surface area contributed by atoms with Crippen molar-refractivity contribution in [2.24, 2.45) is 0 Å². The molecule has 1 aliphatic carbocycles. The van der Waals surface area contributed by atoms with Crippen LogP contribution in [-0.4, -0.2) is 17.6 Å². The van der Waals surface area contributed by atoms with E-state index >= 15 is 0 Å². The Balaban J connectivity index is 1.84. The van der Waals surface area contributed by atoms with Crippen LogP contribution in [0.2, 0.25) is 0 Å². The van der Waals surface area contributed by atoms with E-state index in [4.69, 9.17) is 4.74 Å². The van der Waals surface area contributed by atoms with Crippen LogP contribution in [0.25, 0.3) is 22.2 Å². The third-order valence-electron chi connectivity index (χ3n) is 4.95. The fourth-order valence-electron chi connectivity index (χ4n) is 3.27. The number of pyridine rings is 1. The molecule has 0 amide bonds. The first kappa shape index (κ1) is 17.2. The lowest BCUT2D eigenvalue weighted by Crippen LogP contribution is -2.08. The molecule has 27 heavy (non-hydrogen) atoms. The van der Waals surface area contributed by atoms with Crippen molar-refractivity contribution in [1.82, 2.24) is 4.98 Å². The van der Waals surface area contributed by atoms with E-state index in [0.717, 1.165) is 24.0 Å². The molecule has 0 atom stereocenters. The Morgan fingerprint density at radius 1 is 1.22 bits per heavy atom. The monoisotopic (exact) mass is 360 g/mol. The number of fused-ring (bicyclic) bond motifs is 1. The Bertz CT molecular complexity index is 1080. The lowest BCUT2D eigenvalue weighted by molar-refractivity contribution is 0.0527. The molecular formula is C22H17FN2O2. The number of halogens is 1. The zero-order valence-electron chi connectivity index (χ0n) is 14.8. The summed E-state index contributed by atoms with van der Waals surface area (Å²) in [6.45, 7) is 1.97. The molecule has 1 heterocycles. The van der Waals surface area contributed by atoms with Crippen LogP contribution in [0.4, 0.5) is 4.39 Å². The summed E-state index contributed by atoms with van der Waals surface area (Å²) in [5.74, 6) is -0.881. The van der Waals surface area contributed by atoms with E-state index in [0.29, 0.717) is 22.2 Å². The summed E-state index contributed by atoms with van der Waals surface area (Å²) in [5.41, 5.74) is 2.75. The van der Waals surface area contributed by atoms with E-state index in [2.05, 4.69) is 11.1 Å². The molecule has 0 unspecified atom stereocenters. The average Bonchev–Trinajstić information content (AvgIpc) is 3.48. The summed E-state index contributed by atoms with van der Waals surface area (Å²) < 4.78 is 18.7. The van der Waals surface area contributed by atoms with E-state index in [1.807, 2.05) is 24.3 Å². The second-order valence-electron chi connectivity index (χ2n) is 6.71. The van der Waals surface area contributed by atoms with E-state index in [1.165, 1.54) is 12.1 Å². The summed E-state index contributed by atoms with van der Waals surface area (Å²) in [5, 5.41) is 9.90. The second kappa shape index (κ2) is 6.48. The highest BCUT2D eigenvalue weighted by Crippen LogP contribution is 2.47. The molecule has 1 aromatic heterocycles. The summed E-state index contributed by atoms with van der Waals surface area (Å²) >= 11 is 0. The number of nitriles is 1. The molecule has 1 aliphatic rings. The van der Waals surface area contributed by atoms with Crippen LogP contribution in [-0.2, 0) is 10.2 Å². The Labute approximate surface area is 156 Å². The molecule has 0 saturated heterocycles. The van der Waals surface area contributed by atoms with Crippen LogP contribution >= 0.6 is 0 Å². The van der Waals surface area contributed by atoms with Gasteiger partial charge in [-0.2, -0.15) is 5.26 Å². The third-order valence-corrected chi connectivity index (χ3v) is 4.95. The van der Waals surface area contributed by atoms with E-state index in [1.54, 1.807) is 19.1 Å². The van der Waals surface area contributed by atoms with Gasteiger partial charge in [-0.1, -0.05) is 24.3 Å². The number of carbonyl (C=O) groups is 1. The summed E-state index contributed by atoms with van der Waals surface area (Å²) in [4.78, 5) is 17.0. The van der Waals surface area contributed by atoms with Crippen molar-refractivity contribution >= 4 is 16.9 Å². The van der Waals surface area contributed by atoms with Gasteiger partial charge in [0.15, 0.2) is 0 Å². The second-order valence-corrected chi connectivity index (χ2v) is 6.71. The number of ether oxygens (including phenoxy) is 1. The quantitative estimate of drug-likeness (QED) is 0.629. The molecule has 0 bridgehead atoms. The Hall–Kier alpha value is -3.26. The largest absolute Gasteiger partial charge is 0.462 e. The number of carbonyl (C=O) groups excluding carboxylic acids is 1. The first-order valence-electron chi connectivity index (χ1n) is 8.86. The van der Waals surface area contributed by atoms with E-state index in [-0.39, 0.29) is 17.8 Å². The van der Waals surface area contributed by atoms with Crippen molar-refractivity contribution in [3.05, 3.63) is 65.5 Å². The third kappa shape index (κ3) is 3.04. The van der Waals surface area contributed by atoms with Gasteiger partial charge in [0.05, 0.1) is 34.9 Å². The van der Waals surface area contributed by atoms with Crippen molar-refractivity contribution in [3.63, 3.8) is 0 Å². The minimum atomic E-state index is -0.495. The number of rotatable bonds is 4. The fraction of sp³-hybridized carbons (Fsp3) is 0.227. The molecule has 0 radical (unpaired) electrons. The molecular weight excluding hydrogens is 343 g/mol. The first-order valence-corrected chi connectivity index (χ1v) is 8.86. The predicted octanol–water partition coefficient (Wildman–Crippen LogP) is 4.77. The molecule has 3 aromatic rings. The molecule has 1 saturated carbocycles. The maximum absolute atomic E-state index is 13.6.